The van der Waals surface area contributed by atoms with Crippen LogP contribution in [0, 0.1) is 0 Å². The SMILES string of the molecule is CNC(=O)c1ccccc1Nc1cc(Nc2ccc3[nH]c(=O)oc3c2)ncc1C(F)(F)F.O=C(O)C(F)(F)F. The van der Waals surface area contributed by atoms with E-state index < -0.39 is 35.5 Å². The first-order valence-electron chi connectivity index (χ1n) is 10.5. The molecule has 0 aliphatic heterocycles. The molecule has 2 aromatic carbocycles. The van der Waals surface area contributed by atoms with Crippen LogP contribution in [0.4, 0.5) is 49.2 Å². The number of para-hydroxylation sites is 1. The van der Waals surface area contributed by atoms with E-state index in [0.717, 1.165) is 0 Å². The maximum absolute atomic E-state index is 13.6. The zero-order valence-electron chi connectivity index (χ0n) is 19.5. The number of carbonyl (C=O) groups is 2. The van der Waals surface area contributed by atoms with Gasteiger partial charge in [-0.1, -0.05) is 12.1 Å². The highest BCUT2D eigenvalue weighted by atomic mass is 19.4. The second-order valence-electron chi connectivity index (χ2n) is 7.52. The van der Waals surface area contributed by atoms with E-state index in [1.54, 1.807) is 24.3 Å². The van der Waals surface area contributed by atoms with Gasteiger partial charge in [0.05, 0.1) is 28.0 Å². The number of H-pyrrole nitrogens is 1. The fourth-order valence-electron chi connectivity index (χ4n) is 3.09. The van der Waals surface area contributed by atoms with Crippen LogP contribution in [0.15, 0.2) is 63.9 Å². The van der Waals surface area contributed by atoms with Crippen molar-refractivity contribution in [3.05, 3.63) is 76.4 Å². The molecular formula is C23H17F6N5O5. The first-order valence-corrected chi connectivity index (χ1v) is 10.5. The highest BCUT2D eigenvalue weighted by Gasteiger charge is 2.38. The lowest BCUT2D eigenvalue weighted by Gasteiger charge is -2.17. The highest BCUT2D eigenvalue weighted by Crippen LogP contribution is 2.37. The number of halogens is 6. The Morgan fingerprint density at radius 2 is 1.64 bits per heavy atom. The number of fused-ring (bicyclic) bond motifs is 1. The van der Waals surface area contributed by atoms with Crippen molar-refractivity contribution in [3.8, 4) is 0 Å². The minimum atomic E-state index is -5.08. The quantitative estimate of drug-likeness (QED) is 0.215. The molecule has 16 heteroatoms. The molecule has 2 aromatic heterocycles. The van der Waals surface area contributed by atoms with Gasteiger partial charge in [0.15, 0.2) is 5.58 Å². The Labute approximate surface area is 213 Å². The zero-order valence-corrected chi connectivity index (χ0v) is 19.5. The monoisotopic (exact) mass is 557 g/mol. The number of hydrogen-bond donors (Lipinski definition) is 5. The van der Waals surface area contributed by atoms with E-state index in [1.807, 2.05) is 0 Å². The van der Waals surface area contributed by atoms with Gasteiger partial charge in [-0.15, -0.1) is 0 Å². The van der Waals surface area contributed by atoms with Crippen LogP contribution >= 0.6 is 0 Å². The van der Waals surface area contributed by atoms with Gasteiger partial charge in [0.1, 0.15) is 5.82 Å². The number of pyridine rings is 1. The molecule has 0 radical (unpaired) electrons. The molecule has 10 nitrogen and oxygen atoms in total. The molecule has 2 heterocycles. The standard InChI is InChI=1S/C21H16F3N5O3.C2HF3O2/c1-25-19(30)12-4-2-3-5-14(12)28-16-9-18(26-10-13(16)21(22,23)24)27-11-6-7-15-17(8-11)32-20(31)29-15;3-2(4,5)1(6)7/h2-10H,1H3,(H,25,30)(H,29,31)(H2,26,27,28);(H,6,7). The van der Waals surface area contributed by atoms with Gasteiger partial charge in [0.25, 0.3) is 5.91 Å². The summed E-state index contributed by atoms with van der Waals surface area (Å²) < 4.78 is 77.5. The van der Waals surface area contributed by atoms with Crippen LogP contribution in [0.2, 0.25) is 0 Å². The predicted octanol–water partition coefficient (Wildman–Crippen LogP) is 5.02. The second-order valence-corrected chi connectivity index (χ2v) is 7.52. The predicted molar refractivity (Wildman–Crippen MR) is 126 cm³/mol. The lowest BCUT2D eigenvalue weighted by molar-refractivity contribution is -0.192. The molecular weight excluding hydrogens is 540 g/mol. The summed E-state index contributed by atoms with van der Waals surface area (Å²) in [6.45, 7) is 0. The number of oxazole rings is 1. The summed E-state index contributed by atoms with van der Waals surface area (Å²) in [7, 11) is 1.43. The number of carboxylic acids is 1. The summed E-state index contributed by atoms with van der Waals surface area (Å²) in [4.78, 5) is 38.6. The molecule has 1 amide bonds. The molecule has 0 fully saturated rings. The van der Waals surface area contributed by atoms with Crippen LogP contribution in [0.3, 0.4) is 0 Å². The number of hydrogen-bond acceptors (Lipinski definition) is 7. The van der Waals surface area contributed by atoms with Crippen LogP contribution in [-0.2, 0) is 11.0 Å². The van der Waals surface area contributed by atoms with E-state index in [-0.39, 0.29) is 28.3 Å². The number of alkyl halides is 6. The molecule has 0 saturated heterocycles. The van der Waals surface area contributed by atoms with E-state index in [1.165, 1.54) is 31.3 Å². The summed E-state index contributed by atoms with van der Waals surface area (Å²) in [5, 5.41) is 15.2. The third-order valence-corrected chi connectivity index (χ3v) is 4.81. The smallest absolute Gasteiger partial charge is 0.475 e. The van der Waals surface area contributed by atoms with E-state index in [0.29, 0.717) is 17.4 Å². The maximum Gasteiger partial charge on any atom is 0.490 e. The second kappa shape index (κ2) is 11.2. The average molecular weight is 557 g/mol. The average Bonchev–Trinajstić information content (AvgIpc) is 3.22. The fraction of sp³-hybridized carbons (Fsp3) is 0.130. The van der Waals surface area contributed by atoms with Gasteiger partial charge in [-0.25, -0.2) is 14.6 Å². The molecule has 0 unspecified atom stereocenters. The van der Waals surface area contributed by atoms with Crippen molar-refractivity contribution in [3.63, 3.8) is 0 Å². The molecule has 4 rings (SSSR count). The lowest BCUT2D eigenvalue weighted by Crippen LogP contribution is -2.21. The Kier molecular flexibility index (Phi) is 8.17. The van der Waals surface area contributed by atoms with Crippen LogP contribution < -0.4 is 21.7 Å². The van der Waals surface area contributed by atoms with Gasteiger partial charge in [-0.3, -0.25) is 9.78 Å². The minimum absolute atomic E-state index is 0.107. The van der Waals surface area contributed by atoms with Crippen LogP contribution in [0.5, 0.6) is 0 Å². The zero-order chi connectivity index (χ0) is 29.0. The largest absolute Gasteiger partial charge is 0.490 e. The van der Waals surface area contributed by atoms with Crippen molar-refractivity contribution in [1.82, 2.24) is 15.3 Å². The Morgan fingerprint density at radius 1 is 0.974 bits per heavy atom. The summed E-state index contributed by atoms with van der Waals surface area (Å²) in [5.74, 6) is -3.72. The van der Waals surface area contributed by atoms with Crippen molar-refractivity contribution >= 4 is 45.9 Å². The van der Waals surface area contributed by atoms with E-state index in [4.69, 9.17) is 14.3 Å². The van der Waals surface area contributed by atoms with Gasteiger partial charge < -0.3 is 25.5 Å². The number of nitrogens with one attached hydrogen (secondary N) is 4. The van der Waals surface area contributed by atoms with Crippen molar-refractivity contribution in [2.45, 2.75) is 12.4 Å². The number of aliphatic carboxylic acids is 1. The van der Waals surface area contributed by atoms with Crippen molar-refractivity contribution in [2.75, 3.05) is 17.7 Å². The van der Waals surface area contributed by atoms with Gasteiger partial charge in [-0.2, -0.15) is 26.3 Å². The Bertz CT molecular complexity index is 1560. The molecule has 0 aliphatic carbocycles. The number of aromatic nitrogens is 2. The molecule has 0 saturated carbocycles. The Morgan fingerprint density at radius 3 is 2.26 bits per heavy atom. The molecule has 0 spiro atoms. The molecule has 39 heavy (non-hydrogen) atoms. The van der Waals surface area contributed by atoms with Crippen LogP contribution in [0.1, 0.15) is 15.9 Å². The molecule has 4 aromatic rings. The molecule has 0 aliphatic rings. The summed E-state index contributed by atoms with van der Waals surface area (Å²) >= 11 is 0. The highest BCUT2D eigenvalue weighted by molar-refractivity contribution is 6.00. The first kappa shape index (κ1) is 28.5. The van der Waals surface area contributed by atoms with Gasteiger partial charge in [0, 0.05) is 31.1 Å². The van der Waals surface area contributed by atoms with Crippen molar-refractivity contribution in [1.29, 1.82) is 0 Å². The topological polar surface area (TPSA) is 149 Å². The van der Waals surface area contributed by atoms with E-state index in [9.17, 15) is 35.9 Å². The van der Waals surface area contributed by atoms with Crippen molar-refractivity contribution in [2.24, 2.45) is 0 Å². The van der Waals surface area contributed by atoms with E-state index in [2.05, 4.69) is 25.9 Å². The number of rotatable bonds is 5. The number of benzene rings is 2. The number of nitrogens with zero attached hydrogens (tertiary/aromatic N) is 1. The van der Waals surface area contributed by atoms with Gasteiger partial charge >= 0.3 is 24.1 Å². The molecule has 5 N–H and O–H groups in total. The number of carbonyl (C=O) groups excluding carboxylic acids is 1. The molecule has 0 bridgehead atoms. The number of carboxylic acid groups (broad SMARTS) is 1. The summed E-state index contributed by atoms with van der Waals surface area (Å²) in [5.41, 5.74) is 0.304. The number of anilines is 4. The first-order chi connectivity index (χ1) is 18.2. The maximum atomic E-state index is 13.6. The van der Waals surface area contributed by atoms with E-state index >= 15 is 0 Å². The molecule has 0 atom stereocenters. The molecule has 206 valence electrons. The fourth-order valence-corrected chi connectivity index (χ4v) is 3.09. The normalized spacial score (nSPS) is 11.4. The lowest BCUT2D eigenvalue weighted by atomic mass is 10.1. The number of amides is 1. The van der Waals surface area contributed by atoms with Crippen LogP contribution in [-0.4, -0.2) is 40.2 Å². The Hall–Kier alpha value is -5.02. The van der Waals surface area contributed by atoms with Crippen LogP contribution in [0.25, 0.3) is 11.1 Å². The third-order valence-electron chi connectivity index (χ3n) is 4.81. The summed E-state index contributed by atoms with van der Waals surface area (Å²) in [6, 6.07) is 12.1. The van der Waals surface area contributed by atoms with Gasteiger partial charge in [0.2, 0.25) is 0 Å². The third kappa shape index (κ3) is 7.27. The number of aromatic amines is 1. The van der Waals surface area contributed by atoms with Crippen molar-refractivity contribution < 1.29 is 45.5 Å². The van der Waals surface area contributed by atoms with Gasteiger partial charge in [-0.05, 0) is 24.3 Å². The Balaban J connectivity index is 0.000000532. The minimum Gasteiger partial charge on any atom is -0.475 e. The summed E-state index contributed by atoms with van der Waals surface area (Å²) in [6.07, 6.45) is -9.06.